The third-order valence-electron chi connectivity index (χ3n) is 1.72. The first-order valence-corrected chi connectivity index (χ1v) is 7.46. The zero-order chi connectivity index (χ0) is 11.5. The van der Waals surface area contributed by atoms with Crippen LogP contribution in [0.5, 0.6) is 0 Å². The lowest BCUT2D eigenvalue weighted by molar-refractivity contribution is 0.948. The van der Waals surface area contributed by atoms with Gasteiger partial charge in [-0.2, -0.15) is 0 Å². The van der Waals surface area contributed by atoms with Crippen molar-refractivity contribution in [3.8, 4) is 0 Å². The van der Waals surface area contributed by atoms with Crippen LogP contribution < -0.4 is 0 Å². The topological polar surface area (TPSA) is 51.6 Å². The van der Waals surface area contributed by atoms with Gasteiger partial charge in [-0.25, -0.2) is 9.97 Å². The van der Waals surface area contributed by atoms with Gasteiger partial charge in [0.15, 0.2) is 8.68 Å². The number of thioether (sulfide) groups is 1. The van der Waals surface area contributed by atoms with Gasteiger partial charge in [0, 0.05) is 5.56 Å². The lowest BCUT2D eigenvalue weighted by Gasteiger charge is -2.01. The Hall–Kier alpha value is -0.370. The van der Waals surface area contributed by atoms with Gasteiger partial charge in [0.05, 0.1) is 0 Å². The van der Waals surface area contributed by atoms with Gasteiger partial charge in [-0.15, -0.1) is 10.2 Å². The Labute approximate surface area is 110 Å². The second kappa shape index (κ2) is 5.31. The molecule has 0 aliphatic carbocycles. The minimum Gasteiger partial charge on any atom is -0.229 e. The summed E-state index contributed by atoms with van der Waals surface area (Å²) in [7, 11) is 0. The van der Waals surface area contributed by atoms with E-state index in [9.17, 15) is 0 Å². The number of nitrogens with zero attached hydrogens (tertiary/aromatic N) is 4. The van der Waals surface area contributed by atoms with E-state index in [1.807, 2.05) is 13.2 Å². The van der Waals surface area contributed by atoms with E-state index in [0.29, 0.717) is 5.15 Å². The second-order valence-electron chi connectivity index (χ2n) is 2.73. The van der Waals surface area contributed by atoms with Gasteiger partial charge in [-0.1, -0.05) is 34.7 Å². The average Bonchev–Trinajstić information content (AvgIpc) is 2.73. The Morgan fingerprint density at radius 2 is 2.00 bits per heavy atom. The summed E-state index contributed by atoms with van der Waals surface area (Å²) in [5, 5.41) is 9.38. The summed E-state index contributed by atoms with van der Waals surface area (Å²) in [6, 6.07) is 0. The molecule has 8 heteroatoms. The van der Waals surface area contributed by atoms with Crippen LogP contribution in [0.3, 0.4) is 0 Å². The zero-order valence-electron chi connectivity index (χ0n) is 8.47. The predicted octanol–water partition coefficient (Wildman–Crippen LogP) is 3.16. The van der Waals surface area contributed by atoms with Gasteiger partial charge in [-0.05, 0) is 24.9 Å². The van der Waals surface area contributed by atoms with Crippen LogP contribution in [0, 0.1) is 6.92 Å². The monoisotopic (exact) mass is 290 g/mol. The molecule has 0 saturated heterocycles. The molecule has 84 valence electrons. The van der Waals surface area contributed by atoms with Crippen molar-refractivity contribution in [2.75, 3.05) is 6.26 Å². The highest BCUT2D eigenvalue weighted by atomic mass is 35.5. The SMILES string of the molecule is CSc1nnc(Sc2ncnc(Cl)c2C)s1. The number of halogens is 1. The molecule has 2 aromatic heterocycles. The summed E-state index contributed by atoms with van der Waals surface area (Å²) in [5.41, 5.74) is 0.870. The molecule has 2 rings (SSSR count). The molecular weight excluding hydrogens is 284 g/mol. The molecule has 0 fully saturated rings. The highest BCUT2D eigenvalue weighted by molar-refractivity contribution is 8.03. The lowest BCUT2D eigenvalue weighted by Crippen LogP contribution is -1.89. The maximum Gasteiger partial charge on any atom is 0.181 e. The fourth-order valence-electron chi connectivity index (χ4n) is 0.920. The molecule has 0 spiro atoms. The standard InChI is InChI=1S/C8H7ClN4S3/c1-4-5(9)10-3-11-6(4)15-8-13-12-7(14-2)16-8/h3H,1-2H3. The molecule has 0 bridgehead atoms. The summed E-state index contributed by atoms with van der Waals surface area (Å²) < 4.78 is 1.81. The van der Waals surface area contributed by atoms with E-state index in [1.54, 1.807) is 23.1 Å². The van der Waals surface area contributed by atoms with E-state index in [0.717, 1.165) is 19.3 Å². The minimum atomic E-state index is 0.479. The Morgan fingerprint density at radius 1 is 1.25 bits per heavy atom. The molecule has 0 unspecified atom stereocenters. The molecule has 4 nitrogen and oxygen atoms in total. The van der Waals surface area contributed by atoms with Crippen LogP contribution in [-0.4, -0.2) is 26.4 Å². The van der Waals surface area contributed by atoms with Crippen molar-refractivity contribution >= 4 is 46.5 Å². The number of rotatable bonds is 3. The quantitative estimate of drug-likeness (QED) is 0.639. The Balaban J connectivity index is 2.23. The van der Waals surface area contributed by atoms with Crippen LogP contribution >= 0.6 is 46.5 Å². The molecule has 0 saturated carbocycles. The van der Waals surface area contributed by atoms with Crippen LogP contribution in [0.1, 0.15) is 5.56 Å². The molecule has 16 heavy (non-hydrogen) atoms. The van der Waals surface area contributed by atoms with Crippen molar-refractivity contribution in [3.05, 3.63) is 17.0 Å². The van der Waals surface area contributed by atoms with E-state index in [1.165, 1.54) is 18.1 Å². The van der Waals surface area contributed by atoms with Crippen LogP contribution in [0.2, 0.25) is 5.15 Å². The lowest BCUT2D eigenvalue weighted by atomic mass is 10.4. The average molecular weight is 291 g/mol. The van der Waals surface area contributed by atoms with E-state index in [4.69, 9.17) is 11.6 Å². The highest BCUT2D eigenvalue weighted by Gasteiger charge is 2.10. The smallest absolute Gasteiger partial charge is 0.181 e. The van der Waals surface area contributed by atoms with Gasteiger partial charge in [0.25, 0.3) is 0 Å². The summed E-state index contributed by atoms with van der Waals surface area (Å²) in [5.74, 6) is 0. The van der Waals surface area contributed by atoms with Gasteiger partial charge in [-0.3, -0.25) is 0 Å². The molecule has 2 heterocycles. The van der Waals surface area contributed by atoms with Crippen molar-refractivity contribution < 1.29 is 0 Å². The Morgan fingerprint density at radius 3 is 2.69 bits per heavy atom. The highest BCUT2D eigenvalue weighted by Crippen LogP contribution is 2.34. The van der Waals surface area contributed by atoms with Gasteiger partial charge < -0.3 is 0 Å². The zero-order valence-corrected chi connectivity index (χ0v) is 11.7. The first-order valence-electron chi connectivity index (χ1n) is 4.23. The van der Waals surface area contributed by atoms with Gasteiger partial charge >= 0.3 is 0 Å². The van der Waals surface area contributed by atoms with Crippen molar-refractivity contribution in [3.63, 3.8) is 0 Å². The third kappa shape index (κ3) is 2.65. The fraction of sp³-hybridized carbons (Fsp3) is 0.250. The molecule has 2 aromatic rings. The summed E-state index contributed by atoms with van der Waals surface area (Å²) in [6.45, 7) is 1.89. The molecule has 0 amide bonds. The minimum absolute atomic E-state index is 0.479. The van der Waals surface area contributed by atoms with Crippen molar-refractivity contribution in [2.45, 2.75) is 20.6 Å². The van der Waals surface area contributed by atoms with E-state index < -0.39 is 0 Å². The van der Waals surface area contributed by atoms with Crippen molar-refractivity contribution in [1.82, 2.24) is 20.2 Å². The van der Waals surface area contributed by atoms with Gasteiger partial charge in [0.1, 0.15) is 16.5 Å². The predicted molar refractivity (Wildman–Crippen MR) is 67.6 cm³/mol. The molecule has 0 aliphatic heterocycles. The largest absolute Gasteiger partial charge is 0.229 e. The molecule has 0 aromatic carbocycles. The first-order chi connectivity index (χ1) is 7.70. The summed E-state index contributed by atoms with van der Waals surface area (Å²) in [6.07, 6.45) is 3.43. The van der Waals surface area contributed by atoms with E-state index in [2.05, 4.69) is 20.2 Å². The van der Waals surface area contributed by atoms with Gasteiger partial charge in [0.2, 0.25) is 0 Å². The maximum atomic E-state index is 5.91. The van der Waals surface area contributed by atoms with Crippen LogP contribution in [0.25, 0.3) is 0 Å². The molecule has 0 atom stereocenters. The fourth-order valence-corrected chi connectivity index (χ4v) is 3.51. The summed E-state index contributed by atoms with van der Waals surface area (Å²) in [4.78, 5) is 8.08. The van der Waals surface area contributed by atoms with E-state index >= 15 is 0 Å². The maximum absolute atomic E-state index is 5.91. The molecule has 0 aliphatic rings. The normalized spacial score (nSPS) is 10.7. The number of hydrogen-bond acceptors (Lipinski definition) is 7. The second-order valence-corrected chi connectivity index (χ2v) is 6.36. The van der Waals surface area contributed by atoms with Crippen LogP contribution in [0.15, 0.2) is 20.0 Å². The molecule has 0 radical (unpaired) electrons. The molecular formula is C8H7ClN4S3. The Bertz CT molecular complexity index is 502. The third-order valence-corrected chi connectivity index (χ3v) is 5.16. The van der Waals surface area contributed by atoms with Crippen molar-refractivity contribution in [1.29, 1.82) is 0 Å². The first kappa shape index (κ1) is 12.1. The van der Waals surface area contributed by atoms with Crippen molar-refractivity contribution in [2.24, 2.45) is 0 Å². The van der Waals surface area contributed by atoms with Crippen LogP contribution in [-0.2, 0) is 0 Å². The Kier molecular flexibility index (Phi) is 4.01. The molecule has 0 N–H and O–H groups in total. The number of hydrogen-bond donors (Lipinski definition) is 0. The summed E-state index contributed by atoms with van der Waals surface area (Å²) >= 11 is 10.5. The number of aromatic nitrogens is 4. The van der Waals surface area contributed by atoms with E-state index in [-0.39, 0.29) is 0 Å². The van der Waals surface area contributed by atoms with Crippen LogP contribution in [0.4, 0.5) is 0 Å².